The summed E-state index contributed by atoms with van der Waals surface area (Å²) in [4.78, 5) is 34.6. The lowest BCUT2D eigenvalue weighted by Gasteiger charge is -2.09. The molecule has 9 heteroatoms. The molecular weight excluding hydrogens is 378 g/mol. The number of Topliss-reactive ketones (excluding diaryl/α,β-unsaturated/α-hetero) is 1. The summed E-state index contributed by atoms with van der Waals surface area (Å²) in [6.07, 6.45) is 0.736. The number of nitro groups is 1. The molecule has 0 radical (unpaired) electrons. The Morgan fingerprint density at radius 1 is 1.11 bits per heavy atom. The van der Waals surface area contributed by atoms with E-state index >= 15 is 0 Å². The lowest BCUT2D eigenvalue weighted by Crippen LogP contribution is -2.15. The second-order valence-electron chi connectivity index (χ2n) is 5.63. The van der Waals surface area contributed by atoms with E-state index in [9.17, 15) is 19.7 Å². The quantitative estimate of drug-likeness (QED) is 0.332. The summed E-state index contributed by atoms with van der Waals surface area (Å²) in [5.41, 5.74) is -0.199. The van der Waals surface area contributed by atoms with Crippen LogP contribution < -0.4 is 9.47 Å². The highest BCUT2D eigenvalue weighted by Gasteiger charge is 2.19. The maximum absolute atomic E-state index is 12.3. The normalized spacial score (nSPS) is 12.8. The van der Waals surface area contributed by atoms with Gasteiger partial charge >= 0.3 is 5.97 Å². The molecule has 0 aromatic heterocycles. The average Bonchev–Trinajstić information content (AvgIpc) is 2.90. The van der Waals surface area contributed by atoms with Crippen LogP contribution in [0.15, 0.2) is 36.4 Å². The molecule has 0 N–H and O–H groups in total. The summed E-state index contributed by atoms with van der Waals surface area (Å²) >= 11 is 5.88. The molecule has 8 nitrogen and oxygen atoms in total. The third-order valence-corrected chi connectivity index (χ3v) is 4.11. The van der Waals surface area contributed by atoms with Crippen molar-refractivity contribution >= 4 is 29.0 Å². The molecule has 1 aliphatic rings. The molecule has 0 saturated heterocycles. The topological polar surface area (TPSA) is 105 Å². The van der Waals surface area contributed by atoms with E-state index in [0.29, 0.717) is 24.7 Å². The minimum absolute atomic E-state index is 0.00590. The van der Waals surface area contributed by atoms with Gasteiger partial charge in [-0.25, -0.2) is 4.79 Å². The number of carbonyl (C=O) groups is 2. The number of halogens is 1. The van der Waals surface area contributed by atoms with Gasteiger partial charge in [-0.05, 0) is 24.3 Å². The first kappa shape index (κ1) is 18.7. The lowest BCUT2D eigenvalue weighted by molar-refractivity contribution is -0.384. The predicted molar refractivity (Wildman–Crippen MR) is 94.8 cm³/mol. The van der Waals surface area contributed by atoms with Crippen LogP contribution in [0.2, 0.25) is 5.02 Å². The predicted octanol–water partition coefficient (Wildman–Crippen LogP) is 3.45. The van der Waals surface area contributed by atoms with Gasteiger partial charge in [-0.2, -0.15) is 0 Å². The minimum Gasteiger partial charge on any atom is -0.490 e. The monoisotopic (exact) mass is 391 g/mol. The molecule has 0 fully saturated rings. The number of ether oxygens (including phenoxy) is 3. The zero-order valence-electron chi connectivity index (χ0n) is 14.0. The van der Waals surface area contributed by atoms with Crippen molar-refractivity contribution in [2.24, 2.45) is 0 Å². The third-order valence-electron chi connectivity index (χ3n) is 3.78. The van der Waals surface area contributed by atoms with Crippen LogP contribution in [-0.2, 0) is 4.74 Å². The van der Waals surface area contributed by atoms with E-state index < -0.39 is 23.3 Å². The summed E-state index contributed by atoms with van der Waals surface area (Å²) in [5.74, 6) is -0.386. The van der Waals surface area contributed by atoms with E-state index in [2.05, 4.69) is 0 Å². The van der Waals surface area contributed by atoms with E-state index in [1.165, 1.54) is 18.2 Å². The van der Waals surface area contributed by atoms with Gasteiger partial charge in [-0.3, -0.25) is 14.9 Å². The van der Waals surface area contributed by atoms with Crippen LogP contribution in [0.25, 0.3) is 0 Å². The van der Waals surface area contributed by atoms with Crippen molar-refractivity contribution < 1.29 is 28.7 Å². The van der Waals surface area contributed by atoms with Crippen LogP contribution in [0.4, 0.5) is 5.69 Å². The molecule has 0 saturated carbocycles. The van der Waals surface area contributed by atoms with Gasteiger partial charge in [0, 0.05) is 24.1 Å². The van der Waals surface area contributed by atoms with Crippen molar-refractivity contribution in [2.75, 3.05) is 19.8 Å². The minimum atomic E-state index is -0.925. The molecule has 0 atom stereocenters. The van der Waals surface area contributed by atoms with Crippen molar-refractivity contribution in [3.63, 3.8) is 0 Å². The Morgan fingerprint density at radius 2 is 1.85 bits per heavy atom. The van der Waals surface area contributed by atoms with Crippen LogP contribution in [0.5, 0.6) is 11.5 Å². The number of esters is 1. The van der Waals surface area contributed by atoms with Gasteiger partial charge in [0.2, 0.25) is 0 Å². The highest BCUT2D eigenvalue weighted by molar-refractivity contribution is 6.33. The van der Waals surface area contributed by atoms with E-state index in [0.717, 1.165) is 12.5 Å². The van der Waals surface area contributed by atoms with Gasteiger partial charge in [0.15, 0.2) is 23.9 Å². The number of ketones is 1. The second-order valence-corrected chi connectivity index (χ2v) is 6.04. The largest absolute Gasteiger partial charge is 0.490 e. The van der Waals surface area contributed by atoms with Gasteiger partial charge < -0.3 is 14.2 Å². The fraction of sp³-hybridized carbons (Fsp3) is 0.222. The first-order valence-corrected chi connectivity index (χ1v) is 8.37. The maximum Gasteiger partial charge on any atom is 0.340 e. The number of nitrogens with zero attached hydrogens (tertiary/aromatic N) is 1. The number of rotatable bonds is 5. The Labute approximate surface area is 158 Å². The van der Waals surface area contributed by atoms with Gasteiger partial charge in [0.1, 0.15) is 0 Å². The van der Waals surface area contributed by atoms with Crippen molar-refractivity contribution in [2.45, 2.75) is 6.42 Å². The van der Waals surface area contributed by atoms with Gasteiger partial charge in [0.25, 0.3) is 5.69 Å². The number of fused-ring (bicyclic) bond motifs is 1. The summed E-state index contributed by atoms with van der Waals surface area (Å²) < 4.78 is 16.0. The highest BCUT2D eigenvalue weighted by atomic mass is 35.5. The van der Waals surface area contributed by atoms with Crippen LogP contribution >= 0.6 is 11.6 Å². The van der Waals surface area contributed by atoms with Crippen LogP contribution in [0.3, 0.4) is 0 Å². The molecule has 0 spiro atoms. The first-order valence-electron chi connectivity index (χ1n) is 7.99. The van der Waals surface area contributed by atoms with E-state index in [1.54, 1.807) is 12.1 Å². The number of nitro benzene ring substituents is 1. The Hall–Kier alpha value is -3.13. The zero-order chi connectivity index (χ0) is 19.4. The van der Waals surface area contributed by atoms with E-state index in [4.69, 9.17) is 25.8 Å². The molecule has 1 heterocycles. The molecular formula is C18H14ClNO7. The molecule has 140 valence electrons. The smallest absolute Gasteiger partial charge is 0.340 e. The Kier molecular flexibility index (Phi) is 5.56. The number of carbonyl (C=O) groups excluding carboxylic acids is 2. The number of hydrogen-bond donors (Lipinski definition) is 0. The number of hydrogen-bond acceptors (Lipinski definition) is 7. The van der Waals surface area contributed by atoms with Crippen molar-refractivity contribution in [3.05, 3.63) is 62.7 Å². The highest BCUT2D eigenvalue weighted by Crippen LogP contribution is 2.30. The summed E-state index contributed by atoms with van der Waals surface area (Å²) in [7, 11) is 0. The lowest BCUT2D eigenvalue weighted by atomic mass is 10.1. The van der Waals surface area contributed by atoms with Crippen LogP contribution in [-0.4, -0.2) is 36.5 Å². The molecule has 0 unspecified atom stereocenters. The fourth-order valence-electron chi connectivity index (χ4n) is 2.41. The Balaban J connectivity index is 1.69. The molecule has 2 aromatic carbocycles. The molecule has 0 amide bonds. The van der Waals surface area contributed by atoms with Crippen molar-refractivity contribution in [1.82, 2.24) is 0 Å². The summed E-state index contributed by atoms with van der Waals surface area (Å²) in [6, 6.07) is 8.08. The van der Waals surface area contributed by atoms with Gasteiger partial charge in [0.05, 0.1) is 28.7 Å². The Bertz CT molecular complexity index is 913. The SMILES string of the molecule is O=C(COC(=O)c1cc([N+](=O)[O-])ccc1Cl)c1ccc2c(c1)OCCCO2. The summed E-state index contributed by atoms with van der Waals surface area (Å²) in [5, 5.41) is 10.8. The van der Waals surface area contributed by atoms with Gasteiger partial charge in [-0.15, -0.1) is 0 Å². The molecule has 27 heavy (non-hydrogen) atoms. The molecule has 2 aromatic rings. The van der Waals surface area contributed by atoms with Crippen LogP contribution in [0.1, 0.15) is 27.1 Å². The zero-order valence-corrected chi connectivity index (χ0v) is 14.7. The standard InChI is InChI=1S/C18H14ClNO7/c19-14-4-3-12(20(23)24)9-13(14)18(22)27-10-15(21)11-2-5-16-17(8-11)26-7-1-6-25-16/h2-5,8-9H,1,6-7,10H2. The van der Waals surface area contributed by atoms with E-state index in [1.807, 2.05) is 0 Å². The van der Waals surface area contributed by atoms with Crippen LogP contribution in [0, 0.1) is 10.1 Å². The fourth-order valence-corrected chi connectivity index (χ4v) is 2.61. The second kappa shape index (κ2) is 8.05. The Morgan fingerprint density at radius 3 is 2.59 bits per heavy atom. The van der Waals surface area contributed by atoms with Crippen molar-refractivity contribution in [1.29, 1.82) is 0 Å². The number of benzene rings is 2. The molecule has 0 aliphatic carbocycles. The average molecular weight is 392 g/mol. The maximum atomic E-state index is 12.3. The number of non-ortho nitro benzene ring substituents is 1. The van der Waals surface area contributed by atoms with E-state index in [-0.39, 0.29) is 21.8 Å². The molecule has 1 aliphatic heterocycles. The first-order chi connectivity index (χ1) is 13.0. The van der Waals surface area contributed by atoms with Gasteiger partial charge in [-0.1, -0.05) is 11.6 Å². The van der Waals surface area contributed by atoms with Crippen molar-refractivity contribution in [3.8, 4) is 11.5 Å². The molecule has 0 bridgehead atoms. The summed E-state index contributed by atoms with van der Waals surface area (Å²) in [6.45, 7) is 0.463. The third kappa shape index (κ3) is 4.35. The molecule has 3 rings (SSSR count).